The Kier molecular flexibility index (Phi) is 3.43. The highest BCUT2D eigenvalue weighted by molar-refractivity contribution is 7.94. The summed E-state index contributed by atoms with van der Waals surface area (Å²) >= 11 is 4.98. The molecule has 0 aliphatic carbocycles. The standard InChI is InChI=1S/C9H7ClO3S/c10-9(11)6-7-14(12,13)8-4-2-1-3-5-8/h1-7H/b7-6+. The normalized spacial score (nSPS) is 11.8. The van der Waals surface area contributed by atoms with Crippen molar-refractivity contribution in [3.63, 3.8) is 0 Å². The van der Waals surface area contributed by atoms with Crippen LogP contribution in [-0.2, 0) is 14.6 Å². The number of allylic oxidation sites excluding steroid dienone is 1. The summed E-state index contributed by atoms with van der Waals surface area (Å²) in [6, 6.07) is 7.79. The SMILES string of the molecule is O=C(Cl)/C=C/S(=O)(=O)c1ccccc1. The van der Waals surface area contributed by atoms with E-state index in [1.165, 1.54) is 12.1 Å². The van der Waals surface area contributed by atoms with E-state index in [-0.39, 0.29) is 4.90 Å². The third kappa shape index (κ3) is 2.97. The molecule has 0 aromatic heterocycles. The number of carbonyl (C=O) groups is 1. The van der Waals surface area contributed by atoms with Crippen LogP contribution in [0.4, 0.5) is 0 Å². The van der Waals surface area contributed by atoms with Gasteiger partial charge >= 0.3 is 0 Å². The Labute approximate surface area is 86.9 Å². The molecule has 0 fully saturated rings. The van der Waals surface area contributed by atoms with Gasteiger partial charge in [-0.05, 0) is 23.7 Å². The van der Waals surface area contributed by atoms with E-state index >= 15 is 0 Å². The zero-order chi connectivity index (χ0) is 10.6. The lowest BCUT2D eigenvalue weighted by Crippen LogP contribution is -1.96. The minimum Gasteiger partial charge on any atom is -0.276 e. The van der Waals surface area contributed by atoms with Gasteiger partial charge in [-0.3, -0.25) is 4.79 Å². The van der Waals surface area contributed by atoms with Crippen molar-refractivity contribution < 1.29 is 13.2 Å². The third-order valence-corrected chi connectivity index (χ3v) is 3.00. The first-order chi connectivity index (χ1) is 6.52. The van der Waals surface area contributed by atoms with E-state index in [2.05, 4.69) is 0 Å². The van der Waals surface area contributed by atoms with E-state index < -0.39 is 15.1 Å². The second-order valence-electron chi connectivity index (χ2n) is 2.46. The maximum absolute atomic E-state index is 11.4. The van der Waals surface area contributed by atoms with E-state index in [0.29, 0.717) is 0 Å². The maximum Gasteiger partial charge on any atom is 0.245 e. The van der Waals surface area contributed by atoms with Crippen LogP contribution in [0.15, 0.2) is 46.7 Å². The molecule has 0 spiro atoms. The Hall–Kier alpha value is -1.13. The van der Waals surface area contributed by atoms with Gasteiger partial charge in [0.05, 0.1) is 4.90 Å². The van der Waals surface area contributed by atoms with Crippen LogP contribution in [-0.4, -0.2) is 13.7 Å². The molecule has 0 heterocycles. The lowest BCUT2D eigenvalue weighted by Gasteiger charge is -1.96. The summed E-state index contributed by atoms with van der Waals surface area (Å²) in [5.41, 5.74) is 0. The predicted octanol–water partition coefficient (Wildman–Crippen LogP) is 1.74. The molecule has 0 amide bonds. The molecule has 0 unspecified atom stereocenters. The van der Waals surface area contributed by atoms with Gasteiger partial charge in [0.15, 0.2) is 9.84 Å². The molecule has 14 heavy (non-hydrogen) atoms. The van der Waals surface area contributed by atoms with E-state index in [1.54, 1.807) is 18.2 Å². The van der Waals surface area contributed by atoms with Gasteiger partial charge in [0.1, 0.15) is 0 Å². The van der Waals surface area contributed by atoms with Crippen molar-refractivity contribution in [2.24, 2.45) is 0 Å². The zero-order valence-corrected chi connectivity index (χ0v) is 8.62. The molecule has 0 aliphatic rings. The fourth-order valence-electron chi connectivity index (χ4n) is 0.832. The first kappa shape index (κ1) is 10.9. The van der Waals surface area contributed by atoms with Crippen LogP contribution in [0.25, 0.3) is 0 Å². The second kappa shape index (κ2) is 4.39. The average molecular weight is 231 g/mol. The summed E-state index contributed by atoms with van der Waals surface area (Å²) in [5, 5.41) is -0.0259. The molecule has 0 atom stereocenters. The topological polar surface area (TPSA) is 51.2 Å². The Balaban J connectivity index is 3.05. The van der Waals surface area contributed by atoms with Gasteiger partial charge in [0.2, 0.25) is 5.24 Å². The van der Waals surface area contributed by atoms with Crippen molar-refractivity contribution in [1.82, 2.24) is 0 Å². The first-order valence-corrected chi connectivity index (χ1v) is 5.62. The van der Waals surface area contributed by atoms with Crippen LogP contribution < -0.4 is 0 Å². The number of hydrogen-bond acceptors (Lipinski definition) is 3. The largest absolute Gasteiger partial charge is 0.276 e. The van der Waals surface area contributed by atoms with Crippen molar-refractivity contribution in [3.05, 3.63) is 41.8 Å². The Bertz CT molecular complexity index is 448. The van der Waals surface area contributed by atoms with Crippen molar-refractivity contribution in [1.29, 1.82) is 0 Å². The van der Waals surface area contributed by atoms with Gasteiger partial charge in [-0.25, -0.2) is 8.42 Å². The van der Waals surface area contributed by atoms with Crippen LogP contribution in [0, 0.1) is 0 Å². The van der Waals surface area contributed by atoms with Crippen molar-refractivity contribution >= 4 is 26.7 Å². The number of sulfone groups is 1. The molecule has 1 aromatic rings. The quantitative estimate of drug-likeness (QED) is 0.587. The third-order valence-electron chi connectivity index (χ3n) is 1.45. The average Bonchev–Trinajstić information content (AvgIpc) is 2.16. The number of benzene rings is 1. The number of carbonyl (C=O) groups excluding carboxylic acids is 1. The number of hydrogen-bond donors (Lipinski definition) is 0. The van der Waals surface area contributed by atoms with E-state index in [9.17, 15) is 13.2 Å². The minimum atomic E-state index is -3.54. The van der Waals surface area contributed by atoms with Crippen LogP contribution in [0.1, 0.15) is 0 Å². The van der Waals surface area contributed by atoms with Crippen LogP contribution in [0.5, 0.6) is 0 Å². The second-order valence-corrected chi connectivity index (χ2v) is 4.67. The number of halogens is 1. The van der Waals surface area contributed by atoms with Crippen molar-refractivity contribution in [2.45, 2.75) is 4.90 Å². The van der Waals surface area contributed by atoms with Crippen molar-refractivity contribution in [3.8, 4) is 0 Å². The van der Waals surface area contributed by atoms with Gasteiger partial charge in [-0.1, -0.05) is 18.2 Å². The zero-order valence-electron chi connectivity index (χ0n) is 7.05. The molecular weight excluding hydrogens is 224 g/mol. The van der Waals surface area contributed by atoms with Gasteiger partial charge in [0, 0.05) is 11.5 Å². The van der Waals surface area contributed by atoms with Crippen LogP contribution in [0.2, 0.25) is 0 Å². The molecule has 0 saturated heterocycles. The molecule has 3 nitrogen and oxygen atoms in total. The summed E-state index contributed by atoms with van der Waals surface area (Å²) in [7, 11) is -3.54. The Morgan fingerprint density at radius 2 is 1.79 bits per heavy atom. The summed E-state index contributed by atoms with van der Waals surface area (Å²) in [5.74, 6) is 0. The molecule has 74 valence electrons. The predicted molar refractivity (Wildman–Crippen MR) is 53.6 cm³/mol. The fraction of sp³-hybridized carbons (Fsp3) is 0. The van der Waals surface area contributed by atoms with E-state index in [0.717, 1.165) is 11.5 Å². The smallest absolute Gasteiger partial charge is 0.245 e. The minimum absolute atomic E-state index is 0.133. The molecule has 0 saturated carbocycles. The fourth-order valence-corrected chi connectivity index (χ4v) is 1.97. The summed E-state index contributed by atoms with van der Waals surface area (Å²) in [4.78, 5) is 10.5. The van der Waals surface area contributed by atoms with Gasteiger partial charge in [-0.15, -0.1) is 0 Å². The molecule has 0 aliphatic heterocycles. The van der Waals surface area contributed by atoms with E-state index in [4.69, 9.17) is 11.6 Å². The highest BCUT2D eigenvalue weighted by Crippen LogP contribution is 2.10. The lowest BCUT2D eigenvalue weighted by atomic mass is 10.4. The van der Waals surface area contributed by atoms with Gasteiger partial charge < -0.3 is 0 Å². The molecule has 0 bridgehead atoms. The molecule has 0 radical (unpaired) electrons. The molecular formula is C9H7ClO3S. The van der Waals surface area contributed by atoms with Crippen molar-refractivity contribution in [2.75, 3.05) is 0 Å². The van der Waals surface area contributed by atoms with Gasteiger partial charge in [-0.2, -0.15) is 0 Å². The monoisotopic (exact) mass is 230 g/mol. The molecule has 1 aromatic carbocycles. The molecule has 5 heteroatoms. The Morgan fingerprint density at radius 3 is 2.29 bits per heavy atom. The summed E-state index contributed by atoms with van der Waals surface area (Å²) < 4.78 is 22.9. The summed E-state index contributed by atoms with van der Waals surface area (Å²) in [6.07, 6.45) is 0.809. The van der Waals surface area contributed by atoms with E-state index in [1.807, 2.05) is 0 Å². The lowest BCUT2D eigenvalue weighted by molar-refractivity contribution is -0.107. The maximum atomic E-state index is 11.4. The molecule has 0 N–H and O–H groups in total. The summed E-state index contributed by atoms with van der Waals surface area (Å²) in [6.45, 7) is 0. The van der Waals surface area contributed by atoms with Crippen LogP contribution >= 0.6 is 11.6 Å². The van der Waals surface area contributed by atoms with Crippen LogP contribution in [0.3, 0.4) is 0 Å². The molecule has 1 rings (SSSR count). The highest BCUT2D eigenvalue weighted by Gasteiger charge is 2.08. The number of rotatable bonds is 3. The Morgan fingerprint density at radius 1 is 1.21 bits per heavy atom. The first-order valence-electron chi connectivity index (χ1n) is 3.70. The van der Waals surface area contributed by atoms with Gasteiger partial charge in [0.25, 0.3) is 0 Å². The highest BCUT2D eigenvalue weighted by atomic mass is 35.5.